The van der Waals surface area contributed by atoms with Crippen LogP contribution in [0.3, 0.4) is 0 Å². The zero-order chi connectivity index (χ0) is 11.4. The van der Waals surface area contributed by atoms with E-state index in [0.29, 0.717) is 12.2 Å². The Morgan fingerprint density at radius 1 is 1.31 bits per heavy atom. The number of benzene rings is 1. The number of Topliss-reactive ketones (excluding diaryl/α,β-unsaturated/α-hetero) is 1. The highest BCUT2D eigenvalue weighted by Gasteiger charge is 2.14. The molecule has 0 amide bonds. The fourth-order valence-corrected chi connectivity index (χ4v) is 2.61. The van der Waals surface area contributed by atoms with Crippen LogP contribution >= 0.6 is 11.8 Å². The molecule has 0 saturated carbocycles. The molecule has 16 heavy (non-hydrogen) atoms. The Balaban J connectivity index is 1.92. The summed E-state index contributed by atoms with van der Waals surface area (Å²) in [5.74, 6) is 2.00. The van der Waals surface area contributed by atoms with Gasteiger partial charge in [-0.25, -0.2) is 0 Å². The Kier molecular flexibility index (Phi) is 3.67. The molecule has 0 unspecified atom stereocenters. The highest BCUT2D eigenvalue weighted by Crippen LogP contribution is 2.28. The number of hydrogen-bond acceptors (Lipinski definition) is 3. The summed E-state index contributed by atoms with van der Waals surface area (Å²) in [4.78, 5) is 12.3. The zero-order valence-electron chi connectivity index (χ0n) is 9.23. The molecular weight excluding hydrogens is 220 g/mol. The van der Waals surface area contributed by atoms with Crippen molar-refractivity contribution in [2.24, 2.45) is 0 Å². The van der Waals surface area contributed by atoms with Gasteiger partial charge in [0.2, 0.25) is 0 Å². The molecule has 0 N–H and O–H groups in total. The van der Waals surface area contributed by atoms with E-state index in [2.05, 4.69) is 0 Å². The average molecular weight is 234 g/mol. The number of hydrogen-bond donors (Lipinski definition) is 0. The zero-order valence-corrected chi connectivity index (χ0v) is 10.0. The normalized spacial score (nSPS) is 15.1. The molecule has 1 aliphatic rings. The molecule has 0 heterocycles. The van der Waals surface area contributed by atoms with Crippen LogP contribution in [-0.4, -0.2) is 12.9 Å². The average Bonchev–Trinajstić information content (AvgIpc) is 2.73. The molecule has 0 atom stereocenters. The van der Waals surface area contributed by atoms with E-state index in [1.165, 1.54) is 5.56 Å². The van der Waals surface area contributed by atoms with Crippen molar-refractivity contribution in [1.82, 2.24) is 0 Å². The van der Waals surface area contributed by atoms with Gasteiger partial charge in [-0.3, -0.25) is 4.79 Å². The van der Waals surface area contributed by atoms with E-state index in [1.807, 2.05) is 30.3 Å². The van der Waals surface area contributed by atoms with Crippen molar-refractivity contribution in [3.8, 4) is 5.75 Å². The van der Waals surface area contributed by atoms with Gasteiger partial charge >= 0.3 is 0 Å². The maximum absolute atomic E-state index is 11.4. The SMILES string of the molecule is COc1ccc(CSC2=CCCC2=O)cc1. The maximum atomic E-state index is 11.4. The summed E-state index contributed by atoms with van der Waals surface area (Å²) in [5.41, 5.74) is 1.21. The molecule has 2 rings (SSSR count). The minimum atomic E-state index is 0.290. The number of ether oxygens (including phenoxy) is 1. The number of ketones is 1. The Hall–Kier alpha value is -1.22. The van der Waals surface area contributed by atoms with Crippen LogP contribution in [0.15, 0.2) is 35.2 Å². The summed E-state index contributed by atoms with van der Waals surface area (Å²) in [7, 11) is 1.66. The summed E-state index contributed by atoms with van der Waals surface area (Å²) in [6, 6.07) is 7.96. The van der Waals surface area contributed by atoms with E-state index in [4.69, 9.17) is 4.74 Å². The first-order chi connectivity index (χ1) is 7.79. The number of carbonyl (C=O) groups is 1. The number of thioether (sulfide) groups is 1. The number of allylic oxidation sites excluding steroid dienone is 2. The fraction of sp³-hybridized carbons (Fsp3) is 0.308. The van der Waals surface area contributed by atoms with E-state index in [-0.39, 0.29) is 0 Å². The van der Waals surface area contributed by atoms with Crippen LogP contribution < -0.4 is 4.74 Å². The second kappa shape index (κ2) is 5.21. The molecule has 3 heteroatoms. The van der Waals surface area contributed by atoms with Gasteiger partial charge in [0.05, 0.1) is 7.11 Å². The van der Waals surface area contributed by atoms with Crippen LogP contribution in [-0.2, 0) is 10.5 Å². The molecular formula is C13H14O2S. The first-order valence-corrected chi connectivity index (χ1v) is 6.27. The van der Waals surface area contributed by atoms with E-state index < -0.39 is 0 Å². The molecule has 0 bridgehead atoms. The van der Waals surface area contributed by atoms with Gasteiger partial charge < -0.3 is 4.74 Å². The molecule has 0 aliphatic heterocycles. The predicted octanol–water partition coefficient (Wildman–Crippen LogP) is 3.18. The van der Waals surface area contributed by atoms with Crippen LogP contribution in [0.4, 0.5) is 0 Å². The molecule has 1 aromatic rings. The summed E-state index contributed by atoms with van der Waals surface area (Å²) >= 11 is 1.63. The molecule has 1 aliphatic carbocycles. The highest BCUT2D eigenvalue weighted by molar-refractivity contribution is 8.03. The Labute approximate surface area is 99.7 Å². The molecule has 0 aromatic heterocycles. The topological polar surface area (TPSA) is 26.3 Å². The monoisotopic (exact) mass is 234 g/mol. The lowest BCUT2D eigenvalue weighted by molar-refractivity contribution is -0.114. The second-order valence-corrected chi connectivity index (χ2v) is 4.68. The van der Waals surface area contributed by atoms with Gasteiger partial charge in [-0.15, -0.1) is 11.8 Å². The lowest BCUT2D eigenvalue weighted by Gasteiger charge is -2.03. The minimum absolute atomic E-state index is 0.290. The highest BCUT2D eigenvalue weighted by atomic mass is 32.2. The molecule has 0 saturated heterocycles. The summed E-state index contributed by atoms with van der Waals surface area (Å²) in [6.07, 6.45) is 3.63. The molecule has 1 aromatic carbocycles. The Morgan fingerprint density at radius 2 is 2.06 bits per heavy atom. The first kappa shape index (κ1) is 11.3. The number of carbonyl (C=O) groups excluding carboxylic acids is 1. The van der Waals surface area contributed by atoms with Crippen molar-refractivity contribution in [2.75, 3.05) is 7.11 Å². The third-order valence-corrected chi connectivity index (χ3v) is 3.71. The second-order valence-electron chi connectivity index (χ2n) is 3.67. The van der Waals surface area contributed by atoms with Crippen molar-refractivity contribution in [3.05, 3.63) is 40.8 Å². The Morgan fingerprint density at radius 3 is 2.62 bits per heavy atom. The van der Waals surface area contributed by atoms with Crippen molar-refractivity contribution in [3.63, 3.8) is 0 Å². The van der Waals surface area contributed by atoms with Gasteiger partial charge in [0.1, 0.15) is 5.75 Å². The van der Waals surface area contributed by atoms with Crippen molar-refractivity contribution < 1.29 is 9.53 Å². The number of methoxy groups -OCH3 is 1. The Bertz CT molecular complexity index is 406. The van der Waals surface area contributed by atoms with Gasteiger partial charge in [0.25, 0.3) is 0 Å². The maximum Gasteiger partial charge on any atom is 0.169 e. The summed E-state index contributed by atoms with van der Waals surface area (Å²) in [5, 5.41) is 0. The van der Waals surface area contributed by atoms with Crippen LogP contribution in [0.5, 0.6) is 5.75 Å². The van der Waals surface area contributed by atoms with Crippen LogP contribution in [0.25, 0.3) is 0 Å². The largest absolute Gasteiger partial charge is 0.497 e. The molecule has 84 valence electrons. The summed E-state index contributed by atoms with van der Waals surface area (Å²) < 4.78 is 5.09. The summed E-state index contributed by atoms with van der Waals surface area (Å²) in [6.45, 7) is 0. The van der Waals surface area contributed by atoms with Crippen molar-refractivity contribution in [1.29, 1.82) is 0 Å². The van der Waals surface area contributed by atoms with Crippen LogP contribution in [0, 0.1) is 0 Å². The fourth-order valence-electron chi connectivity index (χ4n) is 1.59. The number of rotatable bonds is 4. The molecule has 2 nitrogen and oxygen atoms in total. The van der Waals surface area contributed by atoms with Gasteiger partial charge in [0.15, 0.2) is 5.78 Å². The van der Waals surface area contributed by atoms with E-state index >= 15 is 0 Å². The van der Waals surface area contributed by atoms with Crippen LogP contribution in [0.2, 0.25) is 0 Å². The van der Waals surface area contributed by atoms with Gasteiger partial charge in [-0.05, 0) is 24.1 Å². The minimum Gasteiger partial charge on any atom is -0.497 e. The van der Waals surface area contributed by atoms with Crippen molar-refractivity contribution in [2.45, 2.75) is 18.6 Å². The van der Waals surface area contributed by atoms with Gasteiger partial charge in [-0.2, -0.15) is 0 Å². The van der Waals surface area contributed by atoms with E-state index in [1.54, 1.807) is 18.9 Å². The third kappa shape index (κ3) is 2.67. The smallest absolute Gasteiger partial charge is 0.169 e. The van der Waals surface area contributed by atoms with Crippen molar-refractivity contribution >= 4 is 17.5 Å². The molecule has 0 radical (unpaired) electrons. The van der Waals surface area contributed by atoms with Crippen LogP contribution in [0.1, 0.15) is 18.4 Å². The standard InChI is InChI=1S/C13H14O2S/c1-15-11-7-5-10(6-8-11)9-16-13-4-2-3-12(13)14/h4-8H,2-3,9H2,1H3. The van der Waals surface area contributed by atoms with E-state index in [0.717, 1.165) is 22.8 Å². The third-order valence-electron chi connectivity index (χ3n) is 2.53. The van der Waals surface area contributed by atoms with Gasteiger partial charge in [-0.1, -0.05) is 18.2 Å². The molecule has 0 spiro atoms. The lowest BCUT2D eigenvalue weighted by Crippen LogP contribution is -1.92. The first-order valence-electron chi connectivity index (χ1n) is 5.28. The quantitative estimate of drug-likeness (QED) is 0.800. The predicted molar refractivity (Wildman–Crippen MR) is 66.6 cm³/mol. The van der Waals surface area contributed by atoms with Gasteiger partial charge in [0, 0.05) is 17.1 Å². The molecule has 0 fully saturated rings. The van der Waals surface area contributed by atoms with E-state index in [9.17, 15) is 4.79 Å². The lowest BCUT2D eigenvalue weighted by atomic mass is 10.2.